The van der Waals surface area contributed by atoms with Crippen molar-refractivity contribution in [1.82, 2.24) is 4.57 Å². The van der Waals surface area contributed by atoms with Crippen LogP contribution in [0, 0.1) is 16.0 Å². The van der Waals surface area contributed by atoms with Crippen LogP contribution in [0.4, 0.5) is 11.4 Å². The zero-order chi connectivity index (χ0) is 30.8. The van der Waals surface area contributed by atoms with Crippen molar-refractivity contribution in [3.8, 4) is 11.5 Å². The summed E-state index contributed by atoms with van der Waals surface area (Å²) in [6, 6.07) is 9.14. The van der Waals surface area contributed by atoms with Gasteiger partial charge in [0.05, 0.1) is 47.6 Å². The lowest BCUT2D eigenvalue weighted by molar-refractivity contribution is -0.384. The molecule has 12 heteroatoms. The number of carbonyl (C=O) groups excluding carboxylic acids is 1. The average Bonchev–Trinajstić information content (AvgIpc) is 3.30. The molecule has 11 nitrogen and oxygen atoms in total. The minimum atomic E-state index is -0.842. The zero-order valence-corrected chi connectivity index (χ0v) is 25.6. The minimum absolute atomic E-state index is 0.0585. The molecule has 2 aliphatic rings. The first-order chi connectivity index (χ1) is 20.7. The summed E-state index contributed by atoms with van der Waals surface area (Å²) in [6.07, 6.45) is 3.72. The number of nitro groups is 1. The van der Waals surface area contributed by atoms with Crippen molar-refractivity contribution in [3.05, 3.63) is 88.6 Å². The summed E-state index contributed by atoms with van der Waals surface area (Å²) in [5.41, 5.74) is 2.28. The number of nitrogens with zero attached hydrogens (tertiary/aromatic N) is 4. The number of thiazole rings is 1. The Kier molecular flexibility index (Phi) is 8.67. The number of nitro benzene ring substituents is 1. The summed E-state index contributed by atoms with van der Waals surface area (Å²) >= 11 is 1.17. The molecule has 3 aromatic rings. The number of non-ortho nitro benzene ring substituents is 1. The molecule has 0 unspecified atom stereocenters. The lowest BCUT2D eigenvalue weighted by atomic mass is 9.95. The number of hydrogen-bond donors (Lipinski definition) is 0. The van der Waals surface area contributed by atoms with Gasteiger partial charge in [0.2, 0.25) is 0 Å². The number of piperidine rings is 1. The highest BCUT2D eigenvalue weighted by molar-refractivity contribution is 7.07. The Morgan fingerprint density at radius 3 is 2.51 bits per heavy atom. The molecule has 0 saturated carbocycles. The van der Waals surface area contributed by atoms with Crippen molar-refractivity contribution < 1.29 is 23.9 Å². The van der Waals surface area contributed by atoms with Crippen LogP contribution in [-0.2, 0) is 9.53 Å². The second-order valence-electron chi connectivity index (χ2n) is 10.6. The quantitative estimate of drug-likeness (QED) is 0.214. The van der Waals surface area contributed by atoms with E-state index < -0.39 is 16.9 Å². The van der Waals surface area contributed by atoms with Gasteiger partial charge in [-0.3, -0.25) is 19.5 Å². The molecule has 0 spiro atoms. The lowest BCUT2D eigenvalue weighted by Crippen LogP contribution is -2.40. The largest absolute Gasteiger partial charge is 0.493 e. The Bertz CT molecular complexity index is 1780. The number of allylic oxidation sites excluding steroid dienone is 1. The van der Waals surface area contributed by atoms with Crippen LogP contribution in [0.15, 0.2) is 57.5 Å². The van der Waals surface area contributed by atoms with Crippen molar-refractivity contribution >= 4 is 34.8 Å². The van der Waals surface area contributed by atoms with Crippen LogP contribution in [0.5, 0.6) is 11.5 Å². The van der Waals surface area contributed by atoms with E-state index in [0.717, 1.165) is 31.6 Å². The van der Waals surface area contributed by atoms with Crippen LogP contribution in [0.2, 0.25) is 0 Å². The van der Waals surface area contributed by atoms with Gasteiger partial charge < -0.3 is 19.1 Å². The molecule has 3 heterocycles. The van der Waals surface area contributed by atoms with Gasteiger partial charge in [0.1, 0.15) is 0 Å². The van der Waals surface area contributed by atoms with Gasteiger partial charge in [-0.25, -0.2) is 9.79 Å². The number of anilines is 1. The highest BCUT2D eigenvalue weighted by atomic mass is 32.1. The van der Waals surface area contributed by atoms with Crippen LogP contribution in [0.1, 0.15) is 50.8 Å². The smallest absolute Gasteiger partial charge is 0.338 e. The molecule has 226 valence electrons. The molecule has 5 rings (SSSR count). The van der Waals surface area contributed by atoms with E-state index in [1.165, 1.54) is 42.3 Å². The number of esters is 1. The van der Waals surface area contributed by atoms with E-state index in [0.29, 0.717) is 43.6 Å². The third-order valence-electron chi connectivity index (χ3n) is 7.87. The molecule has 1 fully saturated rings. The summed E-state index contributed by atoms with van der Waals surface area (Å²) in [6.45, 7) is 7.45. The van der Waals surface area contributed by atoms with Crippen LogP contribution in [0.3, 0.4) is 0 Å². The number of fused-ring (bicyclic) bond motifs is 1. The van der Waals surface area contributed by atoms with Gasteiger partial charge in [0.15, 0.2) is 16.3 Å². The molecule has 0 aliphatic carbocycles. The van der Waals surface area contributed by atoms with E-state index >= 15 is 0 Å². The van der Waals surface area contributed by atoms with Gasteiger partial charge in [-0.05, 0) is 62.4 Å². The fourth-order valence-electron chi connectivity index (χ4n) is 5.58. The fourth-order valence-corrected chi connectivity index (χ4v) is 6.62. The van der Waals surface area contributed by atoms with Crippen LogP contribution >= 0.6 is 11.3 Å². The molecular weight excluding hydrogens is 572 g/mol. The SMILES string of the molecule is CCOC(=O)C1=C(C)N=c2s/c(=C/c3cc([N+](=O)[O-])ccc3N3CCC(C)CC3)c(=O)n2[C@@H]1c1ccc(OC)c(OC)c1. The summed E-state index contributed by atoms with van der Waals surface area (Å²) in [5, 5.41) is 11.7. The van der Waals surface area contributed by atoms with Crippen molar-refractivity contribution in [1.29, 1.82) is 0 Å². The summed E-state index contributed by atoms with van der Waals surface area (Å²) in [7, 11) is 3.04. The van der Waals surface area contributed by atoms with Crippen LogP contribution in [0.25, 0.3) is 6.08 Å². The van der Waals surface area contributed by atoms with Gasteiger partial charge in [0, 0.05) is 36.5 Å². The molecule has 1 saturated heterocycles. The third kappa shape index (κ3) is 5.79. The van der Waals surface area contributed by atoms with Crippen LogP contribution < -0.4 is 29.3 Å². The molecule has 0 amide bonds. The number of aromatic nitrogens is 1. The van der Waals surface area contributed by atoms with Crippen LogP contribution in [-0.4, -0.2) is 49.4 Å². The average molecular weight is 607 g/mol. The first-order valence-electron chi connectivity index (χ1n) is 14.1. The van der Waals surface area contributed by atoms with Gasteiger partial charge >= 0.3 is 5.97 Å². The number of carbonyl (C=O) groups is 1. The van der Waals surface area contributed by atoms with E-state index in [1.807, 2.05) is 0 Å². The molecule has 0 N–H and O–H groups in total. The molecule has 0 bridgehead atoms. The Hall–Kier alpha value is -4.45. The maximum Gasteiger partial charge on any atom is 0.338 e. The molecule has 1 aromatic heterocycles. The summed E-state index contributed by atoms with van der Waals surface area (Å²) in [4.78, 5) is 45.9. The van der Waals surface area contributed by atoms with Crippen molar-refractivity contribution in [2.45, 2.75) is 39.7 Å². The number of hydrogen-bond acceptors (Lipinski definition) is 10. The topological polar surface area (TPSA) is 126 Å². The van der Waals surface area contributed by atoms with Crippen molar-refractivity contribution in [3.63, 3.8) is 0 Å². The van der Waals surface area contributed by atoms with E-state index in [9.17, 15) is 19.7 Å². The van der Waals surface area contributed by atoms with Gasteiger partial charge in [-0.15, -0.1) is 0 Å². The van der Waals surface area contributed by atoms with E-state index in [1.54, 1.807) is 44.2 Å². The Morgan fingerprint density at radius 2 is 1.86 bits per heavy atom. The van der Waals surface area contributed by atoms with Crippen molar-refractivity contribution in [2.75, 3.05) is 38.8 Å². The molecule has 43 heavy (non-hydrogen) atoms. The molecule has 0 radical (unpaired) electrons. The molecule has 1 atom stereocenters. The first kappa shape index (κ1) is 30.0. The highest BCUT2D eigenvalue weighted by Crippen LogP contribution is 2.36. The zero-order valence-electron chi connectivity index (χ0n) is 24.8. The maximum atomic E-state index is 14.2. The molecule has 2 aliphatic heterocycles. The Labute approximate surface area is 252 Å². The number of methoxy groups -OCH3 is 2. The van der Waals surface area contributed by atoms with E-state index in [2.05, 4.69) is 16.8 Å². The number of rotatable bonds is 8. The predicted octanol–water partition coefficient (Wildman–Crippen LogP) is 3.96. The number of benzene rings is 2. The minimum Gasteiger partial charge on any atom is -0.493 e. The third-order valence-corrected chi connectivity index (χ3v) is 8.86. The summed E-state index contributed by atoms with van der Waals surface area (Å²) in [5.74, 6) is 0.979. The van der Waals surface area contributed by atoms with Crippen molar-refractivity contribution in [2.24, 2.45) is 10.9 Å². The van der Waals surface area contributed by atoms with E-state index in [4.69, 9.17) is 14.2 Å². The molecule has 2 aromatic carbocycles. The second kappa shape index (κ2) is 12.4. The normalized spacial score (nSPS) is 17.4. The number of ether oxygens (including phenoxy) is 3. The Balaban J connectivity index is 1.72. The standard InChI is InChI=1S/C31H34N4O7S/c1-6-42-30(37)27-19(3)32-31-34(28(27)20-7-10-24(40-4)25(16-20)41-5)29(36)26(43-31)17-21-15-22(35(38)39)8-9-23(21)33-13-11-18(2)12-14-33/h7-10,15-18,28H,6,11-14H2,1-5H3/b26-17+/t28-/m1/s1. The van der Waals surface area contributed by atoms with Gasteiger partial charge in [-0.2, -0.15) is 0 Å². The monoisotopic (exact) mass is 606 g/mol. The lowest BCUT2D eigenvalue weighted by Gasteiger charge is -2.33. The van der Waals surface area contributed by atoms with Gasteiger partial charge in [-0.1, -0.05) is 24.3 Å². The summed E-state index contributed by atoms with van der Waals surface area (Å²) < 4.78 is 18.1. The first-order valence-corrected chi connectivity index (χ1v) is 14.9. The van der Waals surface area contributed by atoms with E-state index in [-0.39, 0.29) is 23.4 Å². The predicted molar refractivity (Wildman–Crippen MR) is 164 cm³/mol. The van der Waals surface area contributed by atoms with Gasteiger partial charge in [0.25, 0.3) is 11.2 Å². The maximum absolute atomic E-state index is 14.2. The second-order valence-corrected chi connectivity index (χ2v) is 11.6. The fraction of sp³-hybridized carbons (Fsp3) is 0.387. The highest BCUT2D eigenvalue weighted by Gasteiger charge is 2.34. The Morgan fingerprint density at radius 1 is 1.14 bits per heavy atom. The molecular formula is C31H34N4O7S.